The lowest BCUT2D eigenvalue weighted by molar-refractivity contribution is 0.652. The Morgan fingerprint density at radius 2 is 1.22 bits per heavy atom. The van der Waals surface area contributed by atoms with Gasteiger partial charge in [-0.05, 0) is 44.9 Å². The van der Waals surface area contributed by atoms with E-state index in [1.165, 1.54) is 38.5 Å². The molecule has 0 N–H and O–H groups in total. The molecule has 0 aromatic carbocycles. The van der Waals surface area contributed by atoms with Crippen LogP contribution in [0.15, 0.2) is 49.1 Å². The van der Waals surface area contributed by atoms with Gasteiger partial charge in [-0.15, -0.1) is 6.58 Å². The largest absolute Gasteiger partial charge is 0.103 e. The van der Waals surface area contributed by atoms with Crippen LogP contribution in [0, 0.1) is 0 Å². The molecule has 0 aromatic heterocycles. The number of unbranched alkanes of at least 4 members (excludes halogenated alkanes) is 5. The molecule has 0 nitrogen and oxygen atoms in total. The zero-order valence-corrected chi connectivity index (χ0v) is 12.1. The quantitative estimate of drug-likeness (QED) is 0.277. The lowest BCUT2D eigenvalue weighted by atomic mass is 10.1. The second-order valence-electron chi connectivity index (χ2n) is 4.57. The molecular formula is C18H30. The summed E-state index contributed by atoms with van der Waals surface area (Å²) in [4.78, 5) is 0. The predicted molar refractivity (Wildman–Crippen MR) is 84.8 cm³/mol. The molecule has 0 saturated heterocycles. The van der Waals surface area contributed by atoms with Gasteiger partial charge in [-0.2, -0.15) is 0 Å². The van der Waals surface area contributed by atoms with Gasteiger partial charge in [0, 0.05) is 0 Å². The maximum atomic E-state index is 3.74. The van der Waals surface area contributed by atoms with E-state index in [1.54, 1.807) is 0 Å². The summed E-state index contributed by atoms with van der Waals surface area (Å²) in [6.07, 6.45) is 26.6. The molecule has 0 unspecified atom stereocenters. The first kappa shape index (κ1) is 17.0. The second-order valence-corrected chi connectivity index (χ2v) is 4.57. The van der Waals surface area contributed by atoms with E-state index in [9.17, 15) is 0 Å². The van der Waals surface area contributed by atoms with Gasteiger partial charge in [-0.25, -0.2) is 0 Å². The lowest BCUT2D eigenvalue weighted by Crippen LogP contribution is -1.76. The van der Waals surface area contributed by atoms with Crippen LogP contribution in [0.3, 0.4) is 0 Å². The normalized spacial score (nSPS) is 12.1. The van der Waals surface area contributed by atoms with Crippen molar-refractivity contribution in [2.75, 3.05) is 0 Å². The van der Waals surface area contributed by atoms with Gasteiger partial charge in [0.05, 0.1) is 0 Å². The van der Waals surface area contributed by atoms with E-state index >= 15 is 0 Å². The summed E-state index contributed by atoms with van der Waals surface area (Å²) in [6, 6.07) is 0. The molecule has 0 bridgehead atoms. The summed E-state index contributed by atoms with van der Waals surface area (Å²) in [6.45, 7) is 5.91. The van der Waals surface area contributed by atoms with Gasteiger partial charge in [0.2, 0.25) is 0 Å². The Morgan fingerprint density at radius 1 is 0.667 bits per heavy atom. The first-order valence-electron chi connectivity index (χ1n) is 7.47. The Morgan fingerprint density at radius 3 is 1.83 bits per heavy atom. The monoisotopic (exact) mass is 246 g/mol. The third-order valence-corrected chi connectivity index (χ3v) is 2.81. The molecular weight excluding hydrogens is 216 g/mol. The van der Waals surface area contributed by atoms with Crippen molar-refractivity contribution >= 4 is 0 Å². The average molecular weight is 246 g/mol. The fourth-order valence-corrected chi connectivity index (χ4v) is 1.73. The van der Waals surface area contributed by atoms with Crippen molar-refractivity contribution < 1.29 is 0 Å². The SMILES string of the molecule is C=CCCCCCC/C=C\C/C=C\C/C=C\CC. The van der Waals surface area contributed by atoms with Gasteiger partial charge < -0.3 is 0 Å². The smallest absolute Gasteiger partial charge is 0.0169 e. The molecule has 0 aliphatic rings. The highest BCUT2D eigenvalue weighted by molar-refractivity contribution is 4.96. The molecule has 0 amide bonds. The van der Waals surface area contributed by atoms with Gasteiger partial charge in [-0.3, -0.25) is 0 Å². The fraction of sp³-hybridized carbons (Fsp3) is 0.556. The van der Waals surface area contributed by atoms with Crippen molar-refractivity contribution in [1.82, 2.24) is 0 Å². The minimum absolute atomic E-state index is 1.07. The maximum Gasteiger partial charge on any atom is -0.0169 e. The van der Waals surface area contributed by atoms with Gasteiger partial charge in [-0.1, -0.05) is 62.3 Å². The molecule has 0 aliphatic carbocycles. The molecule has 0 heterocycles. The van der Waals surface area contributed by atoms with Crippen LogP contribution >= 0.6 is 0 Å². The number of rotatable bonds is 12. The first-order valence-corrected chi connectivity index (χ1v) is 7.47. The number of hydrogen-bond donors (Lipinski definition) is 0. The Labute approximate surface area is 114 Å². The maximum absolute atomic E-state index is 3.74. The van der Waals surface area contributed by atoms with Crippen molar-refractivity contribution in [3.8, 4) is 0 Å². The fourth-order valence-electron chi connectivity index (χ4n) is 1.73. The summed E-state index contributed by atoms with van der Waals surface area (Å²) >= 11 is 0. The van der Waals surface area contributed by atoms with E-state index in [0.29, 0.717) is 0 Å². The summed E-state index contributed by atoms with van der Waals surface area (Å²) in [5.41, 5.74) is 0. The van der Waals surface area contributed by atoms with E-state index in [4.69, 9.17) is 0 Å². The second kappa shape index (κ2) is 16.0. The predicted octanol–water partition coefficient (Wildman–Crippen LogP) is 6.37. The topological polar surface area (TPSA) is 0 Å². The molecule has 102 valence electrons. The molecule has 0 radical (unpaired) electrons. The summed E-state index contributed by atoms with van der Waals surface area (Å²) in [5.74, 6) is 0. The summed E-state index contributed by atoms with van der Waals surface area (Å²) in [7, 11) is 0. The van der Waals surface area contributed by atoms with Crippen LogP contribution in [0.5, 0.6) is 0 Å². The molecule has 0 spiro atoms. The molecule has 0 saturated carbocycles. The van der Waals surface area contributed by atoms with Crippen LogP contribution in [0.2, 0.25) is 0 Å². The molecule has 0 aromatic rings. The van der Waals surface area contributed by atoms with Crippen molar-refractivity contribution in [2.45, 2.75) is 64.7 Å². The minimum Gasteiger partial charge on any atom is -0.103 e. The zero-order chi connectivity index (χ0) is 13.3. The van der Waals surface area contributed by atoms with Crippen molar-refractivity contribution in [1.29, 1.82) is 0 Å². The zero-order valence-electron chi connectivity index (χ0n) is 12.1. The third kappa shape index (κ3) is 15.0. The van der Waals surface area contributed by atoms with Gasteiger partial charge in [0.1, 0.15) is 0 Å². The standard InChI is InChI=1S/C18H30/c1-3-5-7-9-11-13-15-17-18-16-14-12-10-8-6-4-2/h3,6,8,12,14,17-18H,1,4-5,7,9-11,13,15-16H2,2H3/b8-6-,14-12-,18-17-. The summed E-state index contributed by atoms with van der Waals surface area (Å²) in [5, 5.41) is 0. The molecule has 18 heavy (non-hydrogen) atoms. The average Bonchev–Trinajstić information content (AvgIpc) is 2.39. The highest BCUT2D eigenvalue weighted by atomic mass is 13.9. The van der Waals surface area contributed by atoms with Gasteiger partial charge in [0.25, 0.3) is 0 Å². The lowest BCUT2D eigenvalue weighted by Gasteiger charge is -1.96. The highest BCUT2D eigenvalue weighted by Gasteiger charge is 1.86. The van der Waals surface area contributed by atoms with E-state index in [-0.39, 0.29) is 0 Å². The van der Waals surface area contributed by atoms with Crippen LogP contribution in [0.4, 0.5) is 0 Å². The van der Waals surface area contributed by atoms with Crippen molar-refractivity contribution in [3.63, 3.8) is 0 Å². The first-order chi connectivity index (χ1) is 8.91. The molecule has 0 fully saturated rings. The Bertz CT molecular complexity index is 243. The minimum atomic E-state index is 1.07. The molecule has 0 heteroatoms. The number of hydrogen-bond acceptors (Lipinski definition) is 0. The number of allylic oxidation sites excluding steroid dienone is 7. The van der Waals surface area contributed by atoms with Gasteiger partial charge in [0.15, 0.2) is 0 Å². The Hall–Kier alpha value is -1.04. The van der Waals surface area contributed by atoms with Crippen LogP contribution < -0.4 is 0 Å². The van der Waals surface area contributed by atoms with Gasteiger partial charge >= 0.3 is 0 Å². The summed E-state index contributed by atoms with van der Waals surface area (Å²) < 4.78 is 0. The van der Waals surface area contributed by atoms with Crippen LogP contribution in [0.25, 0.3) is 0 Å². The van der Waals surface area contributed by atoms with Crippen molar-refractivity contribution in [2.24, 2.45) is 0 Å². The van der Waals surface area contributed by atoms with E-state index in [0.717, 1.165) is 19.3 Å². The molecule has 0 aliphatic heterocycles. The van der Waals surface area contributed by atoms with Crippen LogP contribution in [0.1, 0.15) is 64.7 Å². The van der Waals surface area contributed by atoms with E-state index in [1.807, 2.05) is 6.08 Å². The van der Waals surface area contributed by atoms with E-state index < -0.39 is 0 Å². The molecule has 0 atom stereocenters. The van der Waals surface area contributed by atoms with Crippen LogP contribution in [-0.2, 0) is 0 Å². The Kier molecular flexibility index (Phi) is 15.0. The highest BCUT2D eigenvalue weighted by Crippen LogP contribution is 2.06. The van der Waals surface area contributed by atoms with Crippen LogP contribution in [-0.4, -0.2) is 0 Å². The molecule has 0 rings (SSSR count). The van der Waals surface area contributed by atoms with E-state index in [2.05, 4.69) is 50.0 Å². The third-order valence-electron chi connectivity index (χ3n) is 2.81. The van der Waals surface area contributed by atoms with Crippen molar-refractivity contribution in [3.05, 3.63) is 49.1 Å². The Balaban J connectivity index is 3.22.